The molecule has 4 rings (SSSR count). The van der Waals surface area contributed by atoms with Crippen LogP contribution in [0.3, 0.4) is 0 Å². The number of carbonyl (C=O) groups excluding carboxylic acids is 1. The molecule has 2 aromatic rings. The van der Waals surface area contributed by atoms with E-state index in [0.717, 1.165) is 24.5 Å². The van der Waals surface area contributed by atoms with Crippen LogP contribution in [-0.4, -0.2) is 30.7 Å². The highest BCUT2D eigenvalue weighted by Gasteiger charge is 2.31. The molecule has 2 heterocycles. The van der Waals surface area contributed by atoms with Crippen LogP contribution in [0.5, 0.6) is 11.5 Å². The molecule has 0 spiro atoms. The minimum Gasteiger partial charge on any atom is -0.486 e. The van der Waals surface area contributed by atoms with E-state index < -0.39 is 5.82 Å². The van der Waals surface area contributed by atoms with Crippen molar-refractivity contribution < 1.29 is 18.7 Å². The highest BCUT2D eigenvalue weighted by Crippen LogP contribution is 2.38. The lowest BCUT2D eigenvalue weighted by molar-refractivity contribution is 0.170. The number of nitriles is 1. The van der Waals surface area contributed by atoms with E-state index >= 15 is 0 Å². The maximum absolute atomic E-state index is 13.3. The number of hydrogen-bond donors (Lipinski definition) is 1. The largest absolute Gasteiger partial charge is 0.486 e. The summed E-state index contributed by atoms with van der Waals surface area (Å²) in [7, 11) is 0. The van der Waals surface area contributed by atoms with Crippen molar-refractivity contribution in [1.29, 1.82) is 5.26 Å². The van der Waals surface area contributed by atoms with E-state index in [2.05, 4.69) is 5.32 Å². The molecule has 0 aromatic heterocycles. The van der Waals surface area contributed by atoms with E-state index in [1.165, 1.54) is 12.1 Å². The van der Waals surface area contributed by atoms with E-state index in [1.54, 1.807) is 4.90 Å². The average molecular weight is 367 g/mol. The third-order valence-electron chi connectivity index (χ3n) is 4.81. The van der Waals surface area contributed by atoms with Crippen LogP contribution < -0.4 is 14.8 Å². The quantitative estimate of drug-likeness (QED) is 0.875. The van der Waals surface area contributed by atoms with Gasteiger partial charge in [0.15, 0.2) is 11.5 Å². The number of urea groups is 1. The first-order valence-corrected chi connectivity index (χ1v) is 8.82. The fourth-order valence-electron chi connectivity index (χ4n) is 3.53. The van der Waals surface area contributed by atoms with Crippen molar-refractivity contribution in [1.82, 2.24) is 4.90 Å². The van der Waals surface area contributed by atoms with Gasteiger partial charge in [0.2, 0.25) is 0 Å². The molecule has 1 saturated heterocycles. The van der Waals surface area contributed by atoms with Gasteiger partial charge >= 0.3 is 6.03 Å². The highest BCUT2D eigenvalue weighted by atomic mass is 19.1. The highest BCUT2D eigenvalue weighted by molar-refractivity contribution is 5.91. The van der Waals surface area contributed by atoms with Crippen LogP contribution in [-0.2, 0) is 0 Å². The van der Waals surface area contributed by atoms with Crippen LogP contribution in [0.15, 0.2) is 36.4 Å². The number of hydrogen-bond acceptors (Lipinski definition) is 4. The van der Waals surface area contributed by atoms with Gasteiger partial charge in [-0.1, -0.05) is 6.07 Å². The molecule has 0 bridgehead atoms. The van der Waals surface area contributed by atoms with Gasteiger partial charge in [0.1, 0.15) is 25.1 Å². The van der Waals surface area contributed by atoms with Crippen molar-refractivity contribution in [2.24, 2.45) is 0 Å². The first kappa shape index (κ1) is 17.2. The topological polar surface area (TPSA) is 74.6 Å². The molecule has 2 aliphatic heterocycles. The minimum atomic E-state index is -0.514. The number of benzene rings is 2. The number of amides is 2. The number of halogens is 1. The Morgan fingerprint density at radius 1 is 1.19 bits per heavy atom. The number of nitrogens with one attached hydrogen (secondary N) is 1. The van der Waals surface area contributed by atoms with E-state index in [-0.39, 0.29) is 17.6 Å². The van der Waals surface area contributed by atoms with Crippen LogP contribution in [0.4, 0.5) is 14.9 Å². The minimum absolute atomic E-state index is 0.0909. The maximum Gasteiger partial charge on any atom is 0.322 e. The van der Waals surface area contributed by atoms with Crippen LogP contribution in [0.25, 0.3) is 0 Å². The van der Waals surface area contributed by atoms with Gasteiger partial charge in [-0.05, 0) is 48.7 Å². The number of anilines is 1. The second-order valence-electron chi connectivity index (χ2n) is 6.49. The van der Waals surface area contributed by atoms with E-state index in [4.69, 9.17) is 14.7 Å². The molecule has 0 saturated carbocycles. The Kier molecular flexibility index (Phi) is 4.55. The number of ether oxygens (including phenoxy) is 2. The molecule has 6 nitrogen and oxygen atoms in total. The second-order valence-corrected chi connectivity index (χ2v) is 6.49. The van der Waals surface area contributed by atoms with Gasteiger partial charge < -0.3 is 19.7 Å². The first-order valence-electron chi connectivity index (χ1n) is 8.82. The molecule has 2 aliphatic rings. The Balaban J connectivity index is 1.55. The molecule has 27 heavy (non-hydrogen) atoms. The van der Waals surface area contributed by atoms with Crippen LogP contribution in [0.2, 0.25) is 0 Å². The summed E-state index contributed by atoms with van der Waals surface area (Å²) in [6.45, 7) is 1.64. The molecular weight excluding hydrogens is 349 g/mol. The van der Waals surface area contributed by atoms with Gasteiger partial charge in [-0.15, -0.1) is 0 Å². The summed E-state index contributed by atoms with van der Waals surface area (Å²) in [6, 6.07) is 11.0. The summed E-state index contributed by atoms with van der Waals surface area (Å²) in [4.78, 5) is 14.5. The molecule has 138 valence electrons. The molecule has 1 atom stereocenters. The monoisotopic (exact) mass is 367 g/mol. The number of carbonyl (C=O) groups is 1. The molecule has 0 radical (unpaired) electrons. The second kappa shape index (κ2) is 7.16. The fraction of sp³-hybridized carbons (Fsp3) is 0.300. The summed E-state index contributed by atoms with van der Waals surface area (Å²) >= 11 is 0. The summed E-state index contributed by atoms with van der Waals surface area (Å²) in [6.07, 6.45) is 1.71. The van der Waals surface area contributed by atoms with Crippen molar-refractivity contribution in [2.45, 2.75) is 18.9 Å². The zero-order valence-electron chi connectivity index (χ0n) is 14.6. The molecule has 0 aliphatic carbocycles. The standard InChI is InChI=1S/C20H18FN3O3/c21-15-4-5-16(14(10-15)12-22)23-20(25)24-7-1-2-17(24)13-3-6-18-19(11-13)27-9-8-26-18/h3-6,10-11,17H,1-2,7-9H2,(H,23,25). The summed E-state index contributed by atoms with van der Waals surface area (Å²) in [5.74, 6) is 0.889. The molecule has 2 aromatic carbocycles. The predicted octanol–water partition coefficient (Wildman–Crippen LogP) is 3.84. The third kappa shape index (κ3) is 3.38. The van der Waals surface area contributed by atoms with Crippen LogP contribution >= 0.6 is 0 Å². The number of rotatable bonds is 2. The number of likely N-dealkylation sites (tertiary alicyclic amines) is 1. The van der Waals surface area contributed by atoms with E-state index in [1.807, 2.05) is 24.3 Å². The fourth-order valence-corrected chi connectivity index (χ4v) is 3.53. The lowest BCUT2D eigenvalue weighted by atomic mass is 10.0. The lowest BCUT2D eigenvalue weighted by Gasteiger charge is -2.27. The smallest absolute Gasteiger partial charge is 0.322 e. The number of fused-ring (bicyclic) bond motifs is 1. The average Bonchev–Trinajstić information content (AvgIpc) is 3.19. The molecule has 1 N–H and O–H groups in total. The lowest BCUT2D eigenvalue weighted by Crippen LogP contribution is -2.34. The molecule has 1 unspecified atom stereocenters. The van der Waals surface area contributed by atoms with E-state index in [0.29, 0.717) is 36.9 Å². The Morgan fingerprint density at radius 3 is 2.81 bits per heavy atom. The van der Waals surface area contributed by atoms with Gasteiger partial charge in [-0.25, -0.2) is 9.18 Å². The first-order chi connectivity index (χ1) is 13.2. The molecule has 7 heteroatoms. The zero-order chi connectivity index (χ0) is 18.8. The SMILES string of the molecule is N#Cc1cc(F)ccc1NC(=O)N1CCCC1c1ccc2c(c1)OCCO2. The summed E-state index contributed by atoms with van der Waals surface area (Å²) in [5, 5.41) is 11.9. The maximum atomic E-state index is 13.3. The Morgan fingerprint density at radius 2 is 2.00 bits per heavy atom. The third-order valence-corrected chi connectivity index (χ3v) is 4.81. The van der Waals surface area contributed by atoms with Crippen molar-refractivity contribution in [3.05, 3.63) is 53.3 Å². The predicted molar refractivity (Wildman–Crippen MR) is 96.2 cm³/mol. The molecule has 1 fully saturated rings. The zero-order valence-corrected chi connectivity index (χ0v) is 14.6. The van der Waals surface area contributed by atoms with Gasteiger partial charge in [0.25, 0.3) is 0 Å². The number of nitrogens with zero attached hydrogens (tertiary/aromatic N) is 2. The van der Waals surface area contributed by atoms with Crippen LogP contribution in [0.1, 0.15) is 30.0 Å². The molecular formula is C20H18FN3O3. The Labute approximate surface area is 156 Å². The van der Waals surface area contributed by atoms with Crippen molar-refractivity contribution >= 4 is 11.7 Å². The van der Waals surface area contributed by atoms with Gasteiger partial charge in [0.05, 0.1) is 17.3 Å². The van der Waals surface area contributed by atoms with Crippen molar-refractivity contribution in [2.75, 3.05) is 25.1 Å². The van der Waals surface area contributed by atoms with E-state index in [9.17, 15) is 9.18 Å². The molecule has 2 amide bonds. The summed E-state index contributed by atoms with van der Waals surface area (Å²) in [5.41, 5.74) is 1.38. The van der Waals surface area contributed by atoms with Crippen molar-refractivity contribution in [3.63, 3.8) is 0 Å². The van der Waals surface area contributed by atoms with Crippen molar-refractivity contribution in [3.8, 4) is 17.6 Å². The van der Waals surface area contributed by atoms with Crippen LogP contribution in [0, 0.1) is 17.1 Å². The Bertz CT molecular complexity index is 925. The van der Waals surface area contributed by atoms with Gasteiger partial charge in [0, 0.05) is 6.54 Å². The Hall–Kier alpha value is -3.27. The van der Waals surface area contributed by atoms with Gasteiger partial charge in [-0.2, -0.15) is 5.26 Å². The normalized spacial score (nSPS) is 18.1. The summed E-state index contributed by atoms with van der Waals surface area (Å²) < 4.78 is 24.5. The van der Waals surface area contributed by atoms with Gasteiger partial charge in [-0.3, -0.25) is 0 Å².